The molecule has 0 aromatic rings. The fourth-order valence-corrected chi connectivity index (χ4v) is 0.526. The maximum Gasteiger partial charge on any atom is 0.307 e. The van der Waals surface area contributed by atoms with Gasteiger partial charge in [-0.15, -0.1) is 0 Å². The molecule has 2 nitrogen and oxygen atoms in total. The van der Waals surface area contributed by atoms with E-state index in [0.717, 1.165) is 12.2 Å². The van der Waals surface area contributed by atoms with E-state index in [2.05, 4.69) is 12.6 Å². The van der Waals surface area contributed by atoms with Crippen molar-refractivity contribution in [2.45, 2.75) is 12.8 Å². The predicted molar refractivity (Wildman–Crippen MR) is 39.9 cm³/mol. The van der Waals surface area contributed by atoms with Crippen LogP contribution in [0.25, 0.3) is 0 Å². The summed E-state index contributed by atoms with van der Waals surface area (Å²) in [7, 11) is 0. The van der Waals surface area contributed by atoms with Crippen molar-refractivity contribution in [3.05, 3.63) is 12.2 Å². The smallest absolute Gasteiger partial charge is 0.307 e. The highest BCUT2D eigenvalue weighted by Crippen LogP contribution is 1.88. The molecule has 0 saturated carbocycles. The number of hydrogen-bond acceptors (Lipinski definition) is 2. The lowest BCUT2D eigenvalue weighted by Crippen LogP contribution is -1.89. The van der Waals surface area contributed by atoms with Crippen LogP contribution in [-0.2, 0) is 4.79 Å². The van der Waals surface area contributed by atoms with Gasteiger partial charge in [0, 0.05) is 0 Å². The first-order valence-corrected chi connectivity index (χ1v) is 3.38. The Balaban J connectivity index is 3.14. The average molecular weight is 146 g/mol. The van der Waals surface area contributed by atoms with E-state index in [-0.39, 0.29) is 6.42 Å². The van der Waals surface area contributed by atoms with Gasteiger partial charge in [0.2, 0.25) is 0 Å². The second kappa shape index (κ2) is 5.69. The van der Waals surface area contributed by atoms with Crippen molar-refractivity contribution in [2.75, 3.05) is 5.75 Å². The topological polar surface area (TPSA) is 37.3 Å². The number of hydrogen-bond donors (Lipinski definition) is 2. The minimum absolute atomic E-state index is 0.119. The molecule has 0 saturated heterocycles. The van der Waals surface area contributed by atoms with E-state index in [0.29, 0.717) is 0 Å². The Morgan fingerprint density at radius 2 is 2.22 bits per heavy atom. The first-order valence-electron chi connectivity index (χ1n) is 2.75. The minimum atomic E-state index is -0.787. The quantitative estimate of drug-likeness (QED) is 0.464. The maximum atomic E-state index is 9.89. The molecule has 0 bridgehead atoms. The molecule has 9 heavy (non-hydrogen) atoms. The molecule has 0 heterocycles. The fourth-order valence-electron chi connectivity index (χ4n) is 0.377. The second-order valence-corrected chi connectivity index (χ2v) is 2.03. The molecule has 0 aromatic heterocycles. The fraction of sp³-hybridized carbons (Fsp3) is 0.500. The summed E-state index contributed by atoms with van der Waals surface area (Å²) in [4.78, 5) is 9.89. The first kappa shape index (κ1) is 8.56. The Labute approximate surface area is 60.0 Å². The summed E-state index contributed by atoms with van der Waals surface area (Å²) >= 11 is 3.95. The SMILES string of the molecule is O=C(O)C/C=C/CCS. The van der Waals surface area contributed by atoms with Gasteiger partial charge in [0.05, 0.1) is 6.42 Å². The van der Waals surface area contributed by atoms with Gasteiger partial charge in [-0.05, 0) is 12.2 Å². The molecule has 0 aliphatic rings. The highest BCUT2D eigenvalue weighted by atomic mass is 32.1. The van der Waals surface area contributed by atoms with E-state index in [9.17, 15) is 4.79 Å². The van der Waals surface area contributed by atoms with Crippen LogP contribution in [0.1, 0.15) is 12.8 Å². The molecule has 0 aromatic carbocycles. The van der Waals surface area contributed by atoms with Crippen molar-refractivity contribution in [3.63, 3.8) is 0 Å². The number of aliphatic carboxylic acids is 1. The van der Waals surface area contributed by atoms with Crippen LogP contribution in [0.4, 0.5) is 0 Å². The molecule has 0 unspecified atom stereocenters. The van der Waals surface area contributed by atoms with Gasteiger partial charge in [0.1, 0.15) is 0 Å². The summed E-state index contributed by atoms with van der Waals surface area (Å²) in [6.45, 7) is 0. The summed E-state index contributed by atoms with van der Waals surface area (Å²) in [6, 6.07) is 0. The lowest BCUT2D eigenvalue weighted by Gasteiger charge is -1.82. The lowest BCUT2D eigenvalue weighted by atomic mass is 10.3. The van der Waals surface area contributed by atoms with E-state index in [1.54, 1.807) is 6.08 Å². The van der Waals surface area contributed by atoms with Crippen LogP contribution in [0, 0.1) is 0 Å². The van der Waals surface area contributed by atoms with Gasteiger partial charge in [-0.1, -0.05) is 12.2 Å². The van der Waals surface area contributed by atoms with Crippen molar-refractivity contribution in [1.29, 1.82) is 0 Å². The molecule has 0 fully saturated rings. The number of thiol groups is 1. The highest BCUT2D eigenvalue weighted by molar-refractivity contribution is 7.80. The Bertz CT molecular complexity index is 110. The van der Waals surface area contributed by atoms with E-state index < -0.39 is 5.97 Å². The lowest BCUT2D eigenvalue weighted by molar-refractivity contribution is -0.136. The molecular formula is C6H10O2S. The zero-order valence-electron chi connectivity index (χ0n) is 5.08. The summed E-state index contributed by atoms with van der Waals surface area (Å²) in [5.41, 5.74) is 0. The third-order valence-electron chi connectivity index (χ3n) is 0.755. The van der Waals surface area contributed by atoms with Crippen molar-refractivity contribution < 1.29 is 9.90 Å². The molecule has 0 aliphatic carbocycles. The number of carboxylic acids is 1. The summed E-state index contributed by atoms with van der Waals surface area (Å²) in [6.07, 6.45) is 4.42. The van der Waals surface area contributed by atoms with Crippen LogP contribution >= 0.6 is 12.6 Å². The van der Waals surface area contributed by atoms with Gasteiger partial charge >= 0.3 is 5.97 Å². The normalized spacial score (nSPS) is 10.3. The van der Waals surface area contributed by atoms with Gasteiger partial charge in [-0.2, -0.15) is 12.6 Å². The number of allylic oxidation sites excluding steroid dienone is 1. The van der Waals surface area contributed by atoms with Crippen LogP contribution in [0.2, 0.25) is 0 Å². The van der Waals surface area contributed by atoms with E-state index in [1.165, 1.54) is 0 Å². The van der Waals surface area contributed by atoms with Gasteiger partial charge in [0.15, 0.2) is 0 Å². The zero-order chi connectivity index (χ0) is 7.11. The number of carbonyl (C=O) groups is 1. The minimum Gasteiger partial charge on any atom is -0.481 e. The number of carboxylic acid groups (broad SMARTS) is 1. The Morgan fingerprint density at radius 1 is 1.56 bits per heavy atom. The summed E-state index contributed by atoms with van der Waals surface area (Å²) in [5, 5.41) is 8.14. The molecule has 1 N–H and O–H groups in total. The zero-order valence-corrected chi connectivity index (χ0v) is 5.97. The van der Waals surface area contributed by atoms with Crippen LogP contribution in [0.3, 0.4) is 0 Å². The molecule has 0 radical (unpaired) electrons. The largest absolute Gasteiger partial charge is 0.481 e. The molecule has 0 rings (SSSR count). The molecule has 0 atom stereocenters. The van der Waals surface area contributed by atoms with Gasteiger partial charge < -0.3 is 5.11 Å². The third kappa shape index (κ3) is 7.56. The third-order valence-corrected chi connectivity index (χ3v) is 1.01. The Morgan fingerprint density at radius 3 is 2.67 bits per heavy atom. The van der Waals surface area contributed by atoms with Crippen LogP contribution in [0.5, 0.6) is 0 Å². The van der Waals surface area contributed by atoms with Crippen molar-refractivity contribution in [2.24, 2.45) is 0 Å². The molecule has 0 spiro atoms. The molecule has 3 heteroatoms. The number of rotatable bonds is 4. The Hall–Kier alpha value is -0.440. The predicted octanol–water partition coefficient (Wildman–Crippen LogP) is 1.34. The summed E-state index contributed by atoms with van der Waals surface area (Å²) < 4.78 is 0. The van der Waals surface area contributed by atoms with Gasteiger partial charge in [-0.3, -0.25) is 4.79 Å². The average Bonchev–Trinajstić information content (AvgIpc) is 1.80. The van der Waals surface area contributed by atoms with Crippen LogP contribution in [0.15, 0.2) is 12.2 Å². The summed E-state index contributed by atoms with van der Waals surface area (Å²) in [5.74, 6) is -0.0127. The highest BCUT2D eigenvalue weighted by Gasteiger charge is 1.87. The maximum absolute atomic E-state index is 9.89. The second-order valence-electron chi connectivity index (χ2n) is 1.58. The first-order chi connectivity index (χ1) is 4.27. The van der Waals surface area contributed by atoms with Crippen molar-refractivity contribution in [1.82, 2.24) is 0 Å². The molecule has 52 valence electrons. The van der Waals surface area contributed by atoms with Crippen molar-refractivity contribution >= 4 is 18.6 Å². The monoisotopic (exact) mass is 146 g/mol. The molecule has 0 aliphatic heterocycles. The molecule has 0 amide bonds. The Kier molecular flexibility index (Phi) is 5.41. The van der Waals surface area contributed by atoms with Crippen molar-refractivity contribution in [3.8, 4) is 0 Å². The van der Waals surface area contributed by atoms with E-state index >= 15 is 0 Å². The van der Waals surface area contributed by atoms with Gasteiger partial charge in [0.25, 0.3) is 0 Å². The van der Waals surface area contributed by atoms with Crippen LogP contribution < -0.4 is 0 Å². The standard InChI is InChI=1S/C6H10O2S/c7-6(8)4-2-1-3-5-9/h1-2,9H,3-5H2,(H,7,8)/b2-1+. The van der Waals surface area contributed by atoms with E-state index in [4.69, 9.17) is 5.11 Å². The van der Waals surface area contributed by atoms with Gasteiger partial charge in [-0.25, -0.2) is 0 Å². The molecular weight excluding hydrogens is 136 g/mol. The van der Waals surface area contributed by atoms with E-state index in [1.807, 2.05) is 6.08 Å². The van der Waals surface area contributed by atoms with Crippen LogP contribution in [-0.4, -0.2) is 16.8 Å².